The molecule has 3 N–H and O–H groups in total. The molecule has 0 saturated carbocycles. The van der Waals surface area contributed by atoms with Gasteiger partial charge in [-0.25, -0.2) is 4.39 Å². The fourth-order valence-electron chi connectivity index (χ4n) is 3.99. The lowest BCUT2D eigenvalue weighted by Crippen LogP contribution is -2.21. The lowest BCUT2D eigenvalue weighted by atomic mass is 9.93. The minimum absolute atomic E-state index is 0.0844. The summed E-state index contributed by atoms with van der Waals surface area (Å²) in [5.74, 6) is -1.21. The van der Waals surface area contributed by atoms with Gasteiger partial charge in [-0.3, -0.25) is 4.79 Å². The van der Waals surface area contributed by atoms with Gasteiger partial charge < -0.3 is 16.0 Å². The summed E-state index contributed by atoms with van der Waals surface area (Å²) in [5.41, 5.74) is 1.23. The topological polar surface area (TPSA) is 53.2 Å². The Labute approximate surface area is 183 Å². The quantitative estimate of drug-likeness (QED) is 0.590. The van der Waals surface area contributed by atoms with Crippen LogP contribution < -0.4 is 16.0 Å². The van der Waals surface area contributed by atoms with E-state index >= 15 is 0 Å². The highest BCUT2D eigenvalue weighted by Crippen LogP contribution is 2.37. The number of amides is 1. The fraction of sp³-hybridized carbons (Fsp3) is 0.292. The number of carbonyl (C=O) groups is 1. The van der Waals surface area contributed by atoms with E-state index in [4.69, 9.17) is 0 Å². The smallest absolute Gasteiger partial charge is 0.322 e. The molecule has 1 amide bonds. The molecule has 0 radical (unpaired) electrons. The molecule has 0 aromatic heterocycles. The Hall–Kier alpha value is -2.97. The van der Waals surface area contributed by atoms with Gasteiger partial charge in [0.1, 0.15) is 5.82 Å². The van der Waals surface area contributed by atoms with Gasteiger partial charge in [0.2, 0.25) is 0 Å². The zero-order valence-electron chi connectivity index (χ0n) is 17.3. The van der Waals surface area contributed by atoms with E-state index in [1.54, 1.807) is 18.2 Å². The molecule has 0 fully saturated rings. The summed E-state index contributed by atoms with van der Waals surface area (Å²) in [6, 6.07) is 7.89. The number of benzene rings is 2. The Morgan fingerprint density at radius 1 is 0.875 bits per heavy atom. The van der Waals surface area contributed by atoms with Gasteiger partial charge in [0.25, 0.3) is 5.91 Å². The predicted molar refractivity (Wildman–Crippen MR) is 117 cm³/mol. The minimum atomic E-state index is -4.60. The van der Waals surface area contributed by atoms with Gasteiger partial charge in [0.05, 0.1) is 5.56 Å². The number of nitrogens with one attached hydrogen (secondary N) is 3. The third-order valence-corrected chi connectivity index (χ3v) is 5.63. The summed E-state index contributed by atoms with van der Waals surface area (Å²) in [6.07, 6.45) is 0.219. The zero-order chi connectivity index (χ0) is 22.7. The van der Waals surface area contributed by atoms with E-state index in [0.717, 1.165) is 18.2 Å². The Morgan fingerprint density at radius 2 is 1.50 bits per heavy atom. The molecule has 4 rings (SSSR count). The molecule has 0 unspecified atom stereocenters. The number of hydrogen-bond acceptors (Lipinski definition) is 3. The maximum absolute atomic E-state index is 14.6. The largest absolute Gasteiger partial charge is 0.417 e. The molecule has 4 nitrogen and oxygen atoms in total. The van der Waals surface area contributed by atoms with Crippen molar-refractivity contribution in [1.82, 2.24) is 10.6 Å². The predicted octanol–water partition coefficient (Wildman–Crippen LogP) is 4.85. The maximum atomic E-state index is 14.6. The average Bonchev–Trinajstić information content (AvgIpc) is 2.79. The molecule has 0 aliphatic carbocycles. The van der Waals surface area contributed by atoms with Crippen LogP contribution >= 0.6 is 0 Å². The van der Waals surface area contributed by atoms with Crippen molar-refractivity contribution >= 4 is 22.7 Å². The van der Waals surface area contributed by atoms with Crippen molar-refractivity contribution < 1.29 is 22.4 Å². The van der Waals surface area contributed by atoms with E-state index in [-0.39, 0.29) is 16.8 Å². The second kappa shape index (κ2) is 9.26. The van der Waals surface area contributed by atoms with Gasteiger partial charge in [-0.05, 0) is 73.0 Å². The molecular weight excluding hydrogens is 422 g/mol. The van der Waals surface area contributed by atoms with Crippen molar-refractivity contribution in [3.8, 4) is 0 Å². The van der Waals surface area contributed by atoms with Crippen molar-refractivity contribution in [3.63, 3.8) is 0 Å². The highest BCUT2D eigenvalue weighted by atomic mass is 19.4. The van der Waals surface area contributed by atoms with Crippen LogP contribution in [0.3, 0.4) is 0 Å². The van der Waals surface area contributed by atoms with E-state index in [2.05, 4.69) is 16.0 Å². The fourth-order valence-corrected chi connectivity index (χ4v) is 3.99. The molecule has 2 aromatic carbocycles. The van der Waals surface area contributed by atoms with E-state index in [0.29, 0.717) is 43.6 Å². The van der Waals surface area contributed by atoms with Crippen LogP contribution in [-0.2, 0) is 6.18 Å². The molecule has 168 valence electrons. The lowest BCUT2D eigenvalue weighted by molar-refractivity contribution is -0.137. The van der Waals surface area contributed by atoms with Crippen LogP contribution in [0, 0.1) is 5.82 Å². The van der Waals surface area contributed by atoms with E-state index in [1.165, 1.54) is 18.2 Å². The Balaban J connectivity index is 1.57. The first-order valence-corrected chi connectivity index (χ1v) is 10.5. The number of hydrogen-bond donors (Lipinski definition) is 3. The van der Waals surface area contributed by atoms with Crippen molar-refractivity contribution in [1.29, 1.82) is 0 Å². The second-order valence-electron chi connectivity index (χ2n) is 7.77. The van der Waals surface area contributed by atoms with E-state index in [9.17, 15) is 22.4 Å². The molecule has 2 aliphatic rings. The van der Waals surface area contributed by atoms with Gasteiger partial charge >= 0.3 is 6.18 Å². The first-order chi connectivity index (χ1) is 15.3. The Morgan fingerprint density at radius 3 is 2.06 bits per heavy atom. The van der Waals surface area contributed by atoms with Gasteiger partial charge in [-0.1, -0.05) is 18.2 Å². The molecule has 0 saturated heterocycles. The van der Waals surface area contributed by atoms with Crippen LogP contribution in [0.15, 0.2) is 48.6 Å². The third kappa shape index (κ3) is 4.92. The summed E-state index contributed by atoms with van der Waals surface area (Å²) in [5, 5.41) is 8.73. The monoisotopic (exact) mass is 445 g/mol. The van der Waals surface area contributed by atoms with E-state index in [1.807, 2.05) is 6.08 Å². The number of anilines is 1. The Bertz CT molecular complexity index is 1090. The van der Waals surface area contributed by atoms with Crippen LogP contribution in [-0.4, -0.2) is 32.1 Å². The van der Waals surface area contributed by atoms with Gasteiger partial charge in [0.15, 0.2) is 0 Å². The van der Waals surface area contributed by atoms with Gasteiger partial charge in [0, 0.05) is 29.9 Å². The number of carbonyl (C=O) groups excluding carboxylic acids is 1. The summed E-state index contributed by atoms with van der Waals surface area (Å²) in [4.78, 5) is 12.6. The molecule has 0 spiro atoms. The summed E-state index contributed by atoms with van der Waals surface area (Å²) >= 11 is 0. The summed E-state index contributed by atoms with van der Waals surface area (Å²) in [6.45, 7) is 2.52. The van der Waals surface area contributed by atoms with Crippen molar-refractivity contribution in [2.45, 2.75) is 19.0 Å². The first-order valence-electron chi connectivity index (χ1n) is 10.5. The number of alkyl halides is 3. The van der Waals surface area contributed by atoms with Crippen LogP contribution in [0.2, 0.25) is 0 Å². The summed E-state index contributed by atoms with van der Waals surface area (Å²) in [7, 11) is 0. The molecule has 8 heteroatoms. The number of rotatable bonds is 4. The molecule has 32 heavy (non-hydrogen) atoms. The number of halogens is 4. The molecule has 2 aromatic rings. The van der Waals surface area contributed by atoms with Gasteiger partial charge in [-0.15, -0.1) is 0 Å². The van der Waals surface area contributed by atoms with Crippen LogP contribution in [0.5, 0.6) is 0 Å². The zero-order valence-corrected chi connectivity index (χ0v) is 17.3. The standard InChI is InChI=1S/C24H23F4N3O/c25-22-14-18(2-4-20(22)16-7-11-30-12-8-16)31-23(32)17-1-3-19(15-5-9-29-10-6-15)21(13-17)24(26,27)28/h1-5,7,13-14,29-30H,6,8-12H2,(H,31,32). The van der Waals surface area contributed by atoms with Crippen LogP contribution in [0.1, 0.15) is 39.9 Å². The maximum Gasteiger partial charge on any atom is 0.417 e. The second-order valence-corrected chi connectivity index (χ2v) is 7.77. The highest BCUT2D eigenvalue weighted by Gasteiger charge is 2.35. The highest BCUT2D eigenvalue weighted by molar-refractivity contribution is 6.04. The van der Waals surface area contributed by atoms with Crippen molar-refractivity contribution in [2.24, 2.45) is 0 Å². The van der Waals surface area contributed by atoms with Crippen molar-refractivity contribution in [2.75, 3.05) is 31.5 Å². The van der Waals surface area contributed by atoms with E-state index < -0.39 is 23.5 Å². The third-order valence-electron chi connectivity index (χ3n) is 5.63. The lowest BCUT2D eigenvalue weighted by Gasteiger charge is -2.20. The van der Waals surface area contributed by atoms with Gasteiger partial charge in [-0.2, -0.15) is 13.2 Å². The first kappa shape index (κ1) is 22.2. The van der Waals surface area contributed by atoms with Crippen LogP contribution in [0.4, 0.5) is 23.2 Å². The van der Waals surface area contributed by atoms with Crippen LogP contribution in [0.25, 0.3) is 11.1 Å². The normalized spacial score (nSPS) is 16.9. The molecule has 2 aliphatic heterocycles. The molecule has 2 heterocycles. The molecule has 0 bridgehead atoms. The average molecular weight is 445 g/mol. The Kier molecular flexibility index (Phi) is 6.43. The molecular formula is C24H23F4N3O. The minimum Gasteiger partial charge on any atom is -0.322 e. The molecule has 0 atom stereocenters. The summed E-state index contributed by atoms with van der Waals surface area (Å²) < 4.78 is 55.7. The SMILES string of the molecule is O=C(Nc1ccc(C2=CCNCC2)c(F)c1)c1ccc(C2=CCNCC2)c(C(F)(F)F)c1. The van der Waals surface area contributed by atoms with Crippen molar-refractivity contribution in [3.05, 3.63) is 76.6 Å².